The third kappa shape index (κ3) is 6.75. The molecule has 2 saturated heterocycles. The van der Waals surface area contributed by atoms with Crippen molar-refractivity contribution in [2.24, 2.45) is 17.8 Å². The van der Waals surface area contributed by atoms with Crippen molar-refractivity contribution in [3.63, 3.8) is 0 Å². The molecular formula is C26H39F2N3O3. The zero-order valence-electron chi connectivity index (χ0n) is 20.5. The standard InChI is InChI=1S/C26H39F2N3O3/c1-4-5-9-31-15-21(20(26(31)34)10-16(2)3)25(33)30-23(24(32)22-7-6-8-29-22)13-17-11-18(27)14-19(28)12-17/h11-12,14,16,20-24,29,32H,4-10,13,15H2,1-3H3,(H,30,33). The monoisotopic (exact) mass is 479 g/mol. The molecule has 0 saturated carbocycles. The first kappa shape index (κ1) is 26.5. The number of aliphatic hydroxyl groups is 1. The van der Waals surface area contributed by atoms with E-state index in [4.69, 9.17) is 0 Å². The maximum atomic E-state index is 13.8. The molecule has 0 spiro atoms. The Hall–Kier alpha value is -2.06. The molecule has 5 atom stereocenters. The first-order valence-corrected chi connectivity index (χ1v) is 12.6. The molecule has 2 aliphatic heterocycles. The topological polar surface area (TPSA) is 81.7 Å². The van der Waals surface area contributed by atoms with Gasteiger partial charge in [0.05, 0.1) is 24.0 Å². The van der Waals surface area contributed by atoms with E-state index in [2.05, 4.69) is 17.6 Å². The van der Waals surface area contributed by atoms with Gasteiger partial charge in [0.15, 0.2) is 0 Å². The van der Waals surface area contributed by atoms with E-state index < -0.39 is 35.6 Å². The van der Waals surface area contributed by atoms with Gasteiger partial charge < -0.3 is 20.6 Å². The quantitative estimate of drug-likeness (QED) is 0.456. The first-order valence-electron chi connectivity index (χ1n) is 12.6. The fourth-order valence-corrected chi connectivity index (χ4v) is 5.26. The maximum absolute atomic E-state index is 13.8. The minimum absolute atomic E-state index is 0.0176. The molecule has 6 nitrogen and oxygen atoms in total. The normalized spacial score (nSPS) is 24.6. The van der Waals surface area contributed by atoms with Gasteiger partial charge >= 0.3 is 0 Å². The van der Waals surface area contributed by atoms with Crippen LogP contribution in [0.25, 0.3) is 0 Å². The van der Waals surface area contributed by atoms with E-state index in [1.807, 2.05) is 13.8 Å². The summed E-state index contributed by atoms with van der Waals surface area (Å²) < 4.78 is 27.6. The van der Waals surface area contributed by atoms with E-state index in [1.54, 1.807) is 4.90 Å². The number of carbonyl (C=O) groups excluding carboxylic acids is 2. The number of halogens is 2. The third-order valence-corrected chi connectivity index (χ3v) is 7.00. The Balaban J connectivity index is 1.80. The van der Waals surface area contributed by atoms with Crippen LogP contribution >= 0.6 is 0 Å². The highest BCUT2D eigenvalue weighted by Crippen LogP contribution is 2.31. The zero-order chi connectivity index (χ0) is 24.8. The van der Waals surface area contributed by atoms with Gasteiger partial charge in [0.1, 0.15) is 11.6 Å². The van der Waals surface area contributed by atoms with Crippen molar-refractivity contribution >= 4 is 11.8 Å². The second kappa shape index (κ2) is 12.1. The molecule has 0 radical (unpaired) electrons. The van der Waals surface area contributed by atoms with Crippen LogP contribution in [-0.2, 0) is 16.0 Å². The van der Waals surface area contributed by atoms with Gasteiger partial charge in [0.25, 0.3) is 0 Å². The van der Waals surface area contributed by atoms with Crippen molar-refractivity contribution < 1.29 is 23.5 Å². The number of hydrogen-bond acceptors (Lipinski definition) is 4. The molecule has 5 unspecified atom stereocenters. The van der Waals surface area contributed by atoms with Crippen LogP contribution in [0.5, 0.6) is 0 Å². The zero-order valence-corrected chi connectivity index (χ0v) is 20.5. The number of carbonyl (C=O) groups is 2. The van der Waals surface area contributed by atoms with Crippen molar-refractivity contribution in [2.45, 2.75) is 77.5 Å². The molecule has 34 heavy (non-hydrogen) atoms. The molecule has 0 aliphatic carbocycles. The molecule has 2 aliphatic rings. The van der Waals surface area contributed by atoms with Gasteiger partial charge in [-0.2, -0.15) is 0 Å². The van der Waals surface area contributed by atoms with E-state index in [1.165, 1.54) is 12.1 Å². The molecule has 1 aromatic rings. The summed E-state index contributed by atoms with van der Waals surface area (Å²) in [5.74, 6) is -2.30. The second-order valence-corrected chi connectivity index (χ2v) is 10.3. The highest BCUT2D eigenvalue weighted by Gasteiger charge is 2.45. The summed E-state index contributed by atoms with van der Waals surface area (Å²) in [5, 5.41) is 17.3. The van der Waals surface area contributed by atoms with Crippen molar-refractivity contribution in [2.75, 3.05) is 19.6 Å². The molecule has 3 N–H and O–H groups in total. The third-order valence-electron chi connectivity index (χ3n) is 7.00. The van der Waals surface area contributed by atoms with E-state index in [9.17, 15) is 23.5 Å². The molecule has 190 valence electrons. The number of hydrogen-bond donors (Lipinski definition) is 3. The predicted molar refractivity (Wildman–Crippen MR) is 127 cm³/mol. The Morgan fingerprint density at radius 2 is 1.97 bits per heavy atom. The number of rotatable bonds is 11. The van der Waals surface area contributed by atoms with Gasteiger partial charge in [0.2, 0.25) is 11.8 Å². The second-order valence-electron chi connectivity index (χ2n) is 10.3. The Bertz CT molecular complexity index is 824. The predicted octanol–water partition coefficient (Wildman–Crippen LogP) is 3.03. The minimum Gasteiger partial charge on any atom is -0.389 e. The van der Waals surface area contributed by atoms with Gasteiger partial charge in [-0.3, -0.25) is 9.59 Å². The van der Waals surface area contributed by atoms with Gasteiger partial charge in [-0.1, -0.05) is 27.2 Å². The van der Waals surface area contributed by atoms with Crippen molar-refractivity contribution in [1.29, 1.82) is 0 Å². The van der Waals surface area contributed by atoms with Crippen molar-refractivity contribution in [3.8, 4) is 0 Å². The average Bonchev–Trinajstić information content (AvgIpc) is 3.40. The Labute approximate surface area is 201 Å². The lowest BCUT2D eigenvalue weighted by molar-refractivity contribution is -0.134. The van der Waals surface area contributed by atoms with Gasteiger partial charge in [-0.05, 0) is 62.3 Å². The first-order chi connectivity index (χ1) is 16.2. The van der Waals surface area contributed by atoms with E-state index in [-0.39, 0.29) is 30.2 Å². The largest absolute Gasteiger partial charge is 0.389 e. The van der Waals surface area contributed by atoms with Crippen LogP contribution in [0.2, 0.25) is 0 Å². The smallest absolute Gasteiger partial charge is 0.226 e. The molecule has 8 heteroatoms. The lowest BCUT2D eigenvalue weighted by Crippen LogP contribution is -2.54. The molecule has 0 aromatic heterocycles. The molecule has 2 fully saturated rings. The molecule has 2 heterocycles. The summed E-state index contributed by atoms with van der Waals surface area (Å²) in [6, 6.07) is 2.32. The lowest BCUT2D eigenvalue weighted by Gasteiger charge is -2.30. The van der Waals surface area contributed by atoms with Crippen LogP contribution in [0.15, 0.2) is 18.2 Å². The molecule has 3 rings (SSSR count). The van der Waals surface area contributed by atoms with Gasteiger partial charge in [-0.15, -0.1) is 0 Å². The highest BCUT2D eigenvalue weighted by atomic mass is 19.1. The summed E-state index contributed by atoms with van der Waals surface area (Å²) in [4.78, 5) is 28.3. The fraction of sp³-hybridized carbons (Fsp3) is 0.692. The van der Waals surface area contributed by atoms with Gasteiger partial charge in [-0.25, -0.2) is 8.78 Å². The Morgan fingerprint density at radius 1 is 1.26 bits per heavy atom. The van der Waals surface area contributed by atoms with Crippen LogP contribution in [-0.4, -0.2) is 59.6 Å². The van der Waals surface area contributed by atoms with Gasteiger partial charge in [0, 0.05) is 25.2 Å². The van der Waals surface area contributed by atoms with Crippen molar-refractivity contribution in [3.05, 3.63) is 35.4 Å². The summed E-state index contributed by atoms with van der Waals surface area (Å²) in [5.41, 5.74) is 0.366. The van der Waals surface area contributed by atoms with Crippen LogP contribution in [0.1, 0.15) is 58.4 Å². The lowest BCUT2D eigenvalue weighted by atomic mass is 9.86. The highest BCUT2D eigenvalue weighted by molar-refractivity contribution is 5.91. The minimum atomic E-state index is -0.922. The summed E-state index contributed by atoms with van der Waals surface area (Å²) in [7, 11) is 0. The number of amides is 2. The van der Waals surface area contributed by atoms with Crippen LogP contribution in [0.3, 0.4) is 0 Å². The summed E-state index contributed by atoms with van der Waals surface area (Å²) >= 11 is 0. The van der Waals surface area contributed by atoms with Crippen molar-refractivity contribution in [1.82, 2.24) is 15.5 Å². The number of benzene rings is 1. The molecule has 1 aromatic carbocycles. The fourth-order valence-electron chi connectivity index (χ4n) is 5.26. The average molecular weight is 480 g/mol. The Morgan fingerprint density at radius 3 is 2.56 bits per heavy atom. The SMILES string of the molecule is CCCCN1CC(C(=O)NC(Cc2cc(F)cc(F)c2)C(O)C2CCCN2)C(CC(C)C)C1=O. The number of aliphatic hydroxyl groups excluding tert-OH is 1. The van der Waals surface area contributed by atoms with E-state index >= 15 is 0 Å². The number of likely N-dealkylation sites (tertiary alicyclic amines) is 1. The summed E-state index contributed by atoms with van der Waals surface area (Å²) in [6.45, 7) is 7.91. The van der Waals surface area contributed by atoms with E-state index in [0.717, 1.165) is 38.3 Å². The molecular weight excluding hydrogens is 440 g/mol. The van der Waals surface area contributed by atoms with Crippen LogP contribution < -0.4 is 10.6 Å². The number of nitrogens with one attached hydrogen (secondary N) is 2. The van der Waals surface area contributed by atoms with E-state index in [0.29, 0.717) is 25.1 Å². The van der Waals surface area contributed by atoms with Crippen LogP contribution in [0.4, 0.5) is 8.78 Å². The summed E-state index contributed by atoms with van der Waals surface area (Å²) in [6.07, 6.45) is 3.30. The molecule has 0 bridgehead atoms. The maximum Gasteiger partial charge on any atom is 0.226 e. The number of nitrogens with zero attached hydrogens (tertiary/aromatic N) is 1. The van der Waals surface area contributed by atoms with Crippen LogP contribution in [0, 0.1) is 29.4 Å². The Kier molecular flexibility index (Phi) is 9.42. The molecule has 2 amide bonds. The number of unbranched alkanes of at least 4 members (excludes halogenated alkanes) is 1.